The van der Waals surface area contributed by atoms with Crippen LogP contribution in [0, 0.1) is 11.8 Å². The minimum atomic E-state index is -0.856. The summed E-state index contributed by atoms with van der Waals surface area (Å²) in [5.41, 5.74) is -0.121. The number of anilines is 1. The monoisotopic (exact) mass is 332 g/mol. The normalized spacial score (nSPS) is 23.0. The number of aliphatic hydroxyl groups is 1. The second-order valence-electron chi connectivity index (χ2n) is 6.96. The van der Waals surface area contributed by atoms with Crippen LogP contribution in [-0.2, 0) is 9.59 Å². The number of ether oxygens (including phenoxy) is 1. The fourth-order valence-corrected chi connectivity index (χ4v) is 3.17. The third-order valence-corrected chi connectivity index (χ3v) is 4.94. The van der Waals surface area contributed by atoms with Crippen LogP contribution in [-0.4, -0.2) is 42.7 Å². The van der Waals surface area contributed by atoms with Crippen molar-refractivity contribution in [3.8, 4) is 5.75 Å². The maximum Gasteiger partial charge on any atom is 0.227 e. The molecule has 0 spiro atoms. The molecule has 2 fully saturated rings. The van der Waals surface area contributed by atoms with E-state index in [4.69, 9.17) is 4.74 Å². The number of carbonyl (C=O) groups is 2. The Kier molecular flexibility index (Phi) is 4.49. The van der Waals surface area contributed by atoms with E-state index in [1.54, 1.807) is 25.0 Å². The predicted octanol–water partition coefficient (Wildman–Crippen LogP) is 1.33. The van der Waals surface area contributed by atoms with Crippen LogP contribution in [0.3, 0.4) is 0 Å². The first-order valence-electron chi connectivity index (χ1n) is 8.35. The molecule has 1 heterocycles. The topological polar surface area (TPSA) is 78.9 Å². The Bertz CT molecular complexity index is 640. The number of nitrogens with zero attached hydrogens (tertiary/aromatic N) is 1. The molecule has 3 rings (SSSR count). The zero-order valence-corrected chi connectivity index (χ0v) is 14.1. The van der Waals surface area contributed by atoms with Crippen LogP contribution in [0.4, 0.5) is 5.69 Å². The van der Waals surface area contributed by atoms with Gasteiger partial charge in [0, 0.05) is 31.3 Å². The first-order chi connectivity index (χ1) is 11.4. The quantitative estimate of drug-likeness (QED) is 0.824. The van der Waals surface area contributed by atoms with Crippen molar-refractivity contribution in [1.29, 1.82) is 0 Å². The summed E-state index contributed by atoms with van der Waals surface area (Å²) in [6.45, 7) is 2.34. The lowest BCUT2D eigenvalue weighted by molar-refractivity contribution is -0.127. The number of nitrogens with one attached hydrogen (secondary N) is 1. The highest BCUT2D eigenvalue weighted by Gasteiger charge is 2.41. The smallest absolute Gasteiger partial charge is 0.227 e. The Morgan fingerprint density at radius 3 is 2.88 bits per heavy atom. The lowest BCUT2D eigenvalue weighted by Crippen LogP contribution is -2.44. The van der Waals surface area contributed by atoms with E-state index in [-0.39, 0.29) is 30.7 Å². The second kappa shape index (κ2) is 6.43. The molecule has 1 saturated carbocycles. The van der Waals surface area contributed by atoms with E-state index >= 15 is 0 Å². The van der Waals surface area contributed by atoms with Gasteiger partial charge in [0.1, 0.15) is 5.75 Å². The largest absolute Gasteiger partial charge is 0.497 e. The minimum Gasteiger partial charge on any atom is -0.497 e. The van der Waals surface area contributed by atoms with Gasteiger partial charge < -0.3 is 20.1 Å². The average Bonchev–Trinajstić information content (AvgIpc) is 3.36. The molecule has 2 atom stereocenters. The molecule has 24 heavy (non-hydrogen) atoms. The van der Waals surface area contributed by atoms with Gasteiger partial charge in [-0.05, 0) is 37.8 Å². The molecule has 0 bridgehead atoms. The molecular weight excluding hydrogens is 308 g/mol. The van der Waals surface area contributed by atoms with Gasteiger partial charge in [-0.3, -0.25) is 9.59 Å². The molecule has 1 aliphatic carbocycles. The van der Waals surface area contributed by atoms with Gasteiger partial charge in [-0.25, -0.2) is 0 Å². The number of amides is 2. The average molecular weight is 332 g/mol. The minimum absolute atomic E-state index is 0.0719. The molecule has 1 aliphatic heterocycles. The van der Waals surface area contributed by atoms with Gasteiger partial charge in [0.15, 0.2) is 0 Å². The maximum atomic E-state index is 12.4. The number of methoxy groups -OCH3 is 1. The van der Waals surface area contributed by atoms with Crippen molar-refractivity contribution in [2.24, 2.45) is 11.8 Å². The Balaban J connectivity index is 1.60. The van der Waals surface area contributed by atoms with Crippen LogP contribution >= 0.6 is 0 Å². The molecule has 0 aromatic heterocycles. The van der Waals surface area contributed by atoms with Gasteiger partial charge in [-0.1, -0.05) is 6.07 Å². The van der Waals surface area contributed by atoms with Gasteiger partial charge >= 0.3 is 0 Å². The van der Waals surface area contributed by atoms with Crippen molar-refractivity contribution in [2.75, 3.05) is 25.1 Å². The molecule has 0 unspecified atom stereocenters. The summed E-state index contributed by atoms with van der Waals surface area (Å²) in [7, 11) is 1.58. The van der Waals surface area contributed by atoms with Crippen molar-refractivity contribution >= 4 is 17.5 Å². The molecule has 6 heteroatoms. The van der Waals surface area contributed by atoms with E-state index < -0.39 is 11.5 Å². The Labute approximate surface area is 141 Å². The van der Waals surface area contributed by atoms with E-state index in [9.17, 15) is 14.7 Å². The van der Waals surface area contributed by atoms with Crippen molar-refractivity contribution in [1.82, 2.24) is 5.32 Å². The van der Waals surface area contributed by atoms with E-state index in [0.717, 1.165) is 18.5 Å². The van der Waals surface area contributed by atoms with Gasteiger partial charge in [-0.2, -0.15) is 0 Å². The Hall–Kier alpha value is -2.08. The molecule has 2 N–H and O–H groups in total. The van der Waals surface area contributed by atoms with Crippen molar-refractivity contribution in [3.63, 3.8) is 0 Å². The van der Waals surface area contributed by atoms with E-state index in [0.29, 0.717) is 12.3 Å². The van der Waals surface area contributed by atoms with Crippen molar-refractivity contribution in [2.45, 2.75) is 31.8 Å². The maximum absolute atomic E-state index is 12.4. The van der Waals surface area contributed by atoms with Crippen LogP contribution in [0.15, 0.2) is 24.3 Å². The zero-order chi connectivity index (χ0) is 17.3. The summed E-state index contributed by atoms with van der Waals surface area (Å²) in [5, 5.41) is 13.1. The summed E-state index contributed by atoms with van der Waals surface area (Å²) >= 11 is 0. The molecule has 1 saturated heterocycles. The van der Waals surface area contributed by atoms with Crippen LogP contribution in [0.2, 0.25) is 0 Å². The summed E-state index contributed by atoms with van der Waals surface area (Å²) in [6, 6.07) is 7.25. The van der Waals surface area contributed by atoms with E-state index in [1.807, 2.05) is 18.2 Å². The van der Waals surface area contributed by atoms with E-state index in [1.165, 1.54) is 0 Å². The molecule has 2 amide bonds. The number of carbonyl (C=O) groups excluding carboxylic acids is 2. The second-order valence-corrected chi connectivity index (χ2v) is 6.96. The molecular formula is C18H24N2O4. The molecule has 1 aromatic rings. The summed E-state index contributed by atoms with van der Waals surface area (Å²) in [5.74, 6) is 0.315. The summed E-state index contributed by atoms with van der Waals surface area (Å²) < 4.78 is 5.18. The van der Waals surface area contributed by atoms with Crippen LogP contribution in [0.5, 0.6) is 5.75 Å². The Morgan fingerprint density at radius 2 is 2.21 bits per heavy atom. The zero-order valence-electron chi connectivity index (χ0n) is 14.1. The van der Waals surface area contributed by atoms with Crippen molar-refractivity contribution < 1.29 is 19.4 Å². The van der Waals surface area contributed by atoms with Crippen LogP contribution in [0.25, 0.3) is 0 Å². The molecule has 130 valence electrons. The number of hydrogen-bond donors (Lipinski definition) is 2. The summed E-state index contributed by atoms with van der Waals surface area (Å²) in [4.78, 5) is 26.2. The summed E-state index contributed by atoms with van der Waals surface area (Å²) in [6.07, 6.45) is 2.21. The number of rotatable bonds is 6. The van der Waals surface area contributed by atoms with Gasteiger partial charge in [0.25, 0.3) is 0 Å². The lowest BCUT2D eigenvalue weighted by atomic mass is 10.00. The third-order valence-electron chi connectivity index (χ3n) is 4.94. The number of benzene rings is 1. The highest BCUT2D eigenvalue weighted by Crippen LogP contribution is 2.39. The van der Waals surface area contributed by atoms with Crippen LogP contribution in [0.1, 0.15) is 26.2 Å². The first kappa shape index (κ1) is 16.8. The predicted molar refractivity (Wildman–Crippen MR) is 89.8 cm³/mol. The Morgan fingerprint density at radius 1 is 1.46 bits per heavy atom. The molecule has 2 aliphatic rings. The third kappa shape index (κ3) is 3.53. The fourth-order valence-electron chi connectivity index (χ4n) is 3.17. The molecule has 1 aromatic carbocycles. The van der Waals surface area contributed by atoms with Gasteiger partial charge in [0.2, 0.25) is 11.8 Å². The van der Waals surface area contributed by atoms with Gasteiger partial charge in [0.05, 0.1) is 18.6 Å². The highest BCUT2D eigenvalue weighted by atomic mass is 16.5. The number of hydrogen-bond acceptors (Lipinski definition) is 4. The van der Waals surface area contributed by atoms with Gasteiger partial charge in [-0.15, -0.1) is 0 Å². The van der Waals surface area contributed by atoms with Crippen molar-refractivity contribution in [3.05, 3.63) is 24.3 Å². The molecule has 6 nitrogen and oxygen atoms in total. The lowest BCUT2D eigenvalue weighted by Gasteiger charge is -2.24. The molecule has 0 radical (unpaired) electrons. The highest BCUT2D eigenvalue weighted by molar-refractivity contribution is 6.00. The van der Waals surface area contributed by atoms with Crippen LogP contribution < -0.4 is 15.0 Å². The fraction of sp³-hybridized carbons (Fsp3) is 0.556. The standard InChI is InChI=1S/C18H24N2O4/c1-18(23,13-6-7-13)11-19-17(22)12-8-16(21)20(10-12)14-4-3-5-15(9-14)24-2/h3-5,9,12-13,23H,6-8,10-11H2,1-2H3,(H,19,22)/t12-,18+/m1/s1. The van der Waals surface area contributed by atoms with E-state index in [2.05, 4.69) is 5.32 Å². The first-order valence-corrected chi connectivity index (χ1v) is 8.35. The SMILES string of the molecule is COc1cccc(N2C[C@H](C(=O)NC[C@](C)(O)C3CC3)CC2=O)c1.